The van der Waals surface area contributed by atoms with E-state index in [0.29, 0.717) is 6.67 Å². The van der Waals surface area contributed by atoms with Crippen molar-refractivity contribution in [3.63, 3.8) is 0 Å². The molecule has 0 saturated heterocycles. The van der Waals surface area contributed by atoms with Crippen LogP contribution in [0.5, 0.6) is 11.5 Å². The fourth-order valence-electron chi connectivity index (χ4n) is 13.3. The van der Waals surface area contributed by atoms with Gasteiger partial charge in [0.15, 0.2) is 0 Å². The molecular weight excluding hydrogens is 1020 g/mol. The molecule has 4 aromatic heterocycles. The second-order valence-electron chi connectivity index (χ2n) is 26.1. The number of hydrogen-bond acceptors (Lipinski definition) is 3. The first-order chi connectivity index (χ1) is 40.5. The van der Waals surface area contributed by atoms with Gasteiger partial charge in [-0.15, -0.1) is 0 Å². The SMILES string of the molecule is CC(C)(C)c1cc(-c2cccc3c4ccccc4c4cc5c6ccccc6n(-c6ccccc6)c5cc4c4cccc5c4n(c23)CN5c2cccc(Oc3ccc4c5ccccc5n(-c5cc(C(C)(C)C)ccn5)c4c3)c2)cc(C(C)(C)C)c1. The number of nitrogens with zero attached hydrogens (tertiary/aromatic N) is 5. The molecule has 5 heterocycles. The van der Waals surface area contributed by atoms with Gasteiger partial charge in [-0.1, -0.05) is 196 Å². The van der Waals surface area contributed by atoms with Crippen LogP contribution >= 0.6 is 0 Å². The van der Waals surface area contributed by atoms with Crippen molar-refractivity contribution >= 4 is 98.3 Å². The van der Waals surface area contributed by atoms with E-state index in [1.54, 1.807) is 0 Å². The second-order valence-corrected chi connectivity index (χ2v) is 26.1. The quantitative estimate of drug-likeness (QED) is 0.167. The molecule has 84 heavy (non-hydrogen) atoms. The van der Waals surface area contributed by atoms with Gasteiger partial charge in [-0.25, -0.2) is 4.98 Å². The maximum Gasteiger partial charge on any atom is 0.137 e. The van der Waals surface area contributed by atoms with Gasteiger partial charge in [0.25, 0.3) is 0 Å². The molecule has 0 unspecified atom stereocenters. The first kappa shape index (κ1) is 51.2. The largest absolute Gasteiger partial charge is 0.457 e. The van der Waals surface area contributed by atoms with Gasteiger partial charge in [-0.3, -0.25) is 4.57 Å². The van der Waals surface area contributed by atoms with Crippen LogP contribution in [0.4, 0.5) is 11.4 Å². The van der Waals surface area contributed by atoms with Crippen molar-refractivity contribution in [1.82, 2.24) is 18.7 Å². The standard InChI is InChI=1S/C78H67N5O/c1-76(2,3)50-38-39-79-73(43-50)83-69-34-18-15-28-60(69)62-37-36-56(45-71(62)83)84-55-25-19-24-54(44-55)80-48-81-74-57(49-40-51(77(4,5)6)42-52(41-49)78(7,8)9)30-20-31-63(74)58-26-13-14-27-59(58)65-46-67-61-29-16-17-33-68(61)82(53-22-11-10-12-23-53)72(67)47-66(65)64-32-21-35-70(80)75(64)81/h10-47H,48H2,1-9H3. The fourth-order valence-corrected chi connectivity index (χ4v) is 13.3. The van der Waals surface area contributed by atoms with E-state index in [2.05, 4.69) is 305 Å². The first-order valence-electron chi connectivity index (χ1n) is 29.5. The number of benzene rings is 10. The zero-order valence-electron chi connectivity index (χ0n) is 49.3. The average molecular weight is 1090 g/mol. The summed E-state index contributed by atoms with van der Waals surface area (Å²) in [6.45, 7) is 21.3. The van der Waals surface area contributed by atoms with Gasteiger partial charge in [0.1, 0.15) is 24.0 Å². The fraction of sp³-hybridized carbons (Fsp3) is 0.167. The number of aromatic nitrogens is 4. The third kappa shape index (κ3) is 8.32. The van der Waals surface area contributed by atoms with E-state index in [-0.39, 0.29) is 16.2 Å². The summed E-state index contributed by atoms with van der Waals surface area (Å²) < 4.78 is 14.4. The molecule has 1 aliphatic rings. The molecule has 10 aromatic carbocycles. The minimum absolute atomic E-state index is 0.0345. The van der Waals surface area contributed by atoms with Crippen LogP contribution < -0.4 is 9.64 Å². The lowest BCUT2D eigenvalue weighted by Crippen LogP contribution is -2.17. The summed E-state index contributed by atoms with van der Waals surface area (Å²) in [6, 6.07) is 83.1. The molecule has 0 spiro atoms. The van der Waals surface area contributed by atoms with Crippen molar-refractivity contribution in [2.24, 2.45) is 0 Å². The number of pyridine rings is 1. The average Bonchev–Trinajstić information content (AvgIpc) is 1.80. The number of hydrogen-bond donors (Lipinski definition) is 0. The number of fused-ring (bicyclic) bond motifs is 13. The van der Waals surface area contributed by atoms with Gasteiger partial charge in [0.05, 0.1) is 38.8 Å². The van der Waals surface area contributed by atoms with Crippen molar-refractivity contribution < 1.29 is 4.74 Å². The Morgan fingerprint density at radius 1 is 0.357 bits per heavy atom. The Labute approximate surface area is 490 Å². The zero-order chi connectivity index (χ0) is 57.4. The lowest BCUT2D eigenvalue weighted by Gasteiger charge is -2.27. The summed E-state index contributed by atoms with van der Waals surface area (Å²) in [5, 5.41) is 11.9. The Bertz CT molecular complexity index is 5060. The maximum absolute atomic E-state index is 7.02. The maximum atomic E-state index is 7.02. The molecule has 0 aliphatic carbocycles. The molecule has 0 amide bonds. The molecular formula is C78H67N5O. The van der Waals surface area contributed by atoms with E-state index >= 15 is 0 Å². The highest BCUT2D eigenvalue weighted by atomic mass is 16.5. The molecule has 0 bridgehead atoms. The summed E-state index contributed by atoms with van der Waals surface area (Å²) in [4.78, 5) is 7.45. The topological polar surface area (TPSA) is 40.1 Å². The predicted octanol–water partition coefficient (Wildman–Crippen LogP) is 21.3. The van der Waals surface area contributed by atoms with Gasteiger partial charge in [0, 0.05) is 67.6 Å². The molecule has 14 aromatic rings. The molecule has 0 saturated carbocycles. The summed E-state index contributed by atoms with van der Waals surface area (Å²) in [6.07, 6.45) is 1.93. The molecule has 0 atom stereocenters. The van der Waals surface area contributed by atoms with Crippen LogP contribution in [0.2, 0.25) is 0 Å². The molecule has 0 N–H and O–H groups in total. The van der Waals surface area contributed by atoms with Crippen LogP contribution in [-0.2, 0) is 22.9 Å². The Kier molecular flexibility index (Phi) is 11.6. The van der Waals surface area contributed by atoms with E-state index in [1.807, 2.05) is 6.20 Å². The van der Waals surface area contributed by atoms with E-state index in [0.717, 1.165) is 50.8 Å². The van der Waals surface area contributed by atoms with E-state index in [4.69, 9.17) is 9.72 Å². The normalized spacial score (nSPS) is 13.0. The zero-order valence-corrected chi connectivity index (χ0v) is 49.3. The molecule has 410 valence electrons. The Morgan fingerprint density at radius 3 is 1.62 bits per heavy atom. The Morgan fingerprint density at radius 2 is 0.905 bits per heavy atom. The van der Waals surface area contributed by atoms with Gasteiger partial charge >= 0.3 is 0 Å². The second kappa shape index (κ2) is 18.9. The summed E-state index contributed by atoms with van der Waals surface area (Å²) >= 11 is 0. The monoisotopic (exact) mass is 1090 g/mol. The van der Waals surface area contributed by atoms with E-state index in [9.17, 15) is 0 Å². The molecule has 1 aliphatic heterocycles. The third-order valence-electron chi connectivity index (χ3n) is 17.6. The van der Waals surface area contributed by atoms with Crippen LogP contribution in [0.3, 0.4) is 0 Å². The lowest BCUT2D eigenvalue weighted by molar-refractivity contribution is 0.483. The summed E-state index contributed by atoms with van der Waals surface area (Å²) in [7, 11) is 0. The number of para-hydroxylation sites is 5. The molecule has 6 heteroatoms. The van der Waals surface area contributed by atoms with E-state index in [1.165, 1.54) is 98.4 Å². The Balaban J connectivity index is 0.987. The predicted molar refractivity (Wildman–Crippen MR) is 355 cm³/mol. The highest BCUT2D eigenvalue weighted by Gasteiger charge is 2.28. The molecule has 0 fully saturated rings. The van der Waals surface area contributed by atoms with Gasteiger partial charge in [-0.05, 0) is 139 Å². The molecule has 0 radical (unpaired) electrons. The van der Waals surface area contributed by atoms with Crippen LogP contribution in [0.15, 0.2) is 231 Å². The summed E-state index contributed by atoms with van der Waals surface area (Å²) in [5.74, 6) is 2.40. The van der Waals surface area contributed by atoms with Crippen molar-refractivity contribution in [2.75, 3.05) is 4.90 Å². The smallest absolute Gasteiger partial charge is 0.137 e. The van der Waals surface area contributed by atoms with Crippen molar-refractivity contribution in [2.45, 2.75) is 85.2 Å². The lowest BCUT2D eigenvalue weighted by atomic mass is 9.78. The number of ether oxygens (including phenoxy) is 1. The third-order valence-corrected chi connectivity index (χ3v) is 17.6. The summed E-state index contributed by atoms with van der Waals surface area (Å²) in [5.41, 5.74) is 16.3. The van der Waals surface area contributed by atoms with Gasteiger partial charge in [0.2, 0.25) is 0 Å². The minimum Gasteiger partial charge on any atom is -0.457 e. The van der Waals surface area contributed by atoms with Crippen molar-refractivity contribution in [3.8, 4) is 34.1 Å². The van der Waals surface area contributed by atoms with Crippen molar-refractivity contribution in [3.05, 3.63) is 247 Å². The van der Waals surface area contributed by atoms with Crippen LogP contribution in [0.1, 0.15) is 79.0 Å². The van der Waals surface area contributed by atoms with Crippen molar-refractivity contribution in [1.29, 1.82) is 0 Å². The number of rotatable bonds is 6. The number of anilines is 2. The first-order valence-corrected chi connectivity index (χ1v) is 29.5. The van der Waals surface area contributed by atoms with Gasteiger partial charge < -0.3 is 18.8 Å². The van der Waals surface area contributed by atoms with Crippen LogP contribution in [0.25, 0.3) is 110 Å². The Hall–Kier alpha value is -9.65. The highest BCUT2D eigenvalue weighted by molar-refractivity contribution is 6.26. The van der Waals surface area contributed by atoms with E-state index < -0.39 is 0 Å². The highest BCUT2D eigenvalue weighted by Crippen LogP contribution is 2.48. The van der Waals surface area contributed by atoms with Crippen LogP contribution in [0, 0.1) is 0 Å². The van der Waals surface area contributed by atoms with Crippen LogP contribution in [-0.4, -0.2) is 18.7 Å². The minimum atomic E-state index is -0.0751. The van der Waals surface area contributed by atoms with Gasteiger partial charge in [-0.2, -0.15) is 0 Å². The molecule has 6 nitrogen and oxygen atoms in total. The molecule has 15 rings (SSSR count).